The molecule has 1 fully saturated rings. The lowest BCUT2D eigenvalue weighted by Crippen LogP contribution is -2.40. The van der Waals surface area contributed by atoms with Crippen molar-refractivity contribution < 1.29 is 27.5 Å². The Labute approximate surface area is 156 Å². The molecule has 2 N–H and O–H groups in total. The van der Waals surface area contributed by atoms with E-state index in [0.29, 0.717) is 36.9 Å². The van der Waals surface area contributed by atoms with Crippen LogP contribution in [0.4, 0.5) is 28.7 Å². The molecule has 2 aromatic rings. The first-order valence-corrected chi connectivity index (χ1v) is 8.92. The van der Waals surface area contributed by atoms with Crippen LogP contribution in [-0.4, -0.2) is 43.1 Å². The second-order valence-corrected chi connectivity index (χ2v) is 6.67. The van der Waals surface area contributed by atoms with E-state index in [1.54, 1.807) is 10.3 Å². The van der Waals surface area contributed by atoms with Crippen molar-refractivity contribution in [2.75, 3.05) is 36.9 Å². The molecular formula is C17H16F3N3O3S. The largest absolute Gasteiger partial charge is 0.416 e. The molecule has 6 nitrogen and oxygen atoms in total. The quantitative estimate of drug-likeness (QED) is 0.823. The van der Waals surface area contributed by atoms with Crippen molar-refractivity contribution in [3.8, 4) is 0 Å². The monoisotopic (exact) mass is 399 g/mol. The van der Waals surface area contributed by atoms with Gasteiger partial charge < -0.3 is 15.0 Å². The van der Waals surface area contributed by atoms with Crippen molar-refractivity contribution >= 4 is 34.0 Å². The maximum absolute atomic E-state index is 12.7. The maximum Gasteiger partial charge on any atom is 0.416 e. The summed E-state index contributed by atoms with van der Waals surface area (Å²) in [6.45, 7) is 1.99. The third-order valence-electron chi connectivity index (χ3n) is 3.83. The molecule has 1 aliphatic heterocycles. The Bertz CT molecular complexity index is 832. The van der Waals surface area contributed by atoms with Crippen molar-refractivity contribution in [1.82, 2.24) is 4.90 Å². The minimum Gasteiger partial charge on any atom is -0.378 e. The summed E-state index contributed by atoms with van der Waals surface area (Å²) in [5.74, 6) is -0.152. The molecule has 0 unspecified atom stereocenters. The minimum absolute atomic E-state index is 0.0171. The molecule has 144 valence electrons. The van der Waals surface area contributed by atoms with Crippen LogP contribution >= 0.6 is 11.3 Å². The number of morpholine rings is 1. The number of benzene rings is 1. The summed E-state index contributed by atoms with van der Waals surface area (Å²) in [6.07, 6.45) is -4.49. The molecule has 1 saturated heterocycles. The molecule has 2 heterocycles. The van der Waals surface area contributed by atoms with Gasteiger partial charge in [-0.15, -0.1) is 11.3 Å². The molecule has 0 saturated carbocycles. The predicted molar refractivity (Wildman–Crippen MR) is 95.1 cm³/mol. The number of halogens is 3. The average molecular weight is 399 g/mol. The van der Waals surface area contributed by atoms with Gasteiger partial charge in [-0.3, -0.25) is 10.1 Å². The number of ether oxygens (including phenoxy) is 1. The fourth-order valence-electron chi connectivity index (χ4n) is 2.51. The summed E-state index contributed by atoms with van der Waals surface area (Å²) in [4.78, 5) is 26.0. The standard InChI is InChI=1S/C17H16F3N3O3S/c18-17(19,20)12-2-1-3-13(9-12)21-16(25)22-14-8-11(10-27-14)15(24)23-4-6-26-7-5-23/h1-3,8-10H,4-7H2,(H2,21,22,25). The first-order chi connectivity index (χ1) is 12.8. The number of urea groups is 1. The highest BCUT2D eigenvalue weighted by Gasteiger charge is 2.30. The van der Waals surface area contributed by atoms with Crippen LogP contribution in [0.3, 0.4) is 0 Å². The molecule has 0 aliphatic carbocycles. The van der Waals surface area contributed by atoms with E-state index in [4.69, 9.17) is 4.74 Å². The van der Waals surface area contributed by atoms with Crippen molar-refractivity contribution in [3.05, 3.63) is 46.8 Å². The van der Waals surface area contributed by atoms with Crippen molar-refractivity contribution in [1.29, 1.82) is 0 Å². The highest BCUT2D eigenvalue weighted by Crippen LogP contribution is 2.30. The number of nitrogens with one attached hydrogen (secondary N) is 2. The molecule has 3 amide bonds. The Kier molecular flexibility index (Phi) is 5.66. The molecule has 1 aromatic heterocycles. The number of anilines is 2. The van der Waals surface area contributed by atoms with Crippen LogP contribution in [0.5, 0.6) is 0 Å². The first kappa shape index (κ1) is 19.2. The normalized spacial score (nSPS) is 14.7. The Morgan fingerprint density at radius 2 is 1.85 bits per heavy atom. The lowest BCUT2D eigenvalue weighted by molar-refractivity contribution is -0.137. The van der Waals surface area contributed by atoms with Crippen LogP contribution in [0.25, 0.3) is 0 Å². The summed E-state index contributed by atoms with van der Waals surface area (Å²) >= 11 is 1.16. The van der Waals surface area contributed by atoms with Crippen LogP contribution in [0.15, 0.2) is 35.7 Å². The number of hydrogen-bond acceptors (Lipinski definition) is 4. The molecule has 0 radical (unpaired) electrons. The number of rotatable bonds is 3. The molecule has 10 heteroatoms. The van der Waals surface area contributed by atoms with E-state index in [2.05, 4.69) is 10.6 Å². The van der Waals surface area contributed by atoms with Gasteiger partial charge in [0.1, 0.15) is 0 Å². The van der Waals surface area contributed by atoms with Gasteiger partial charge >= 0.3 is 12.2 Å². The zero-order chi connectivity index (χ0) is 19.4. The van der Waals surface area contributed by atoms with Gasteiger partial charge in [0.2, 0.25) is 0 Å². The molecule has 3 rings (SSSR count). The van der Waals surface area contributed by atoms with E-state index < -0.39 is 17.8 Å². The highest BCUT2D eigenvalue weighted by atomic mass is 32.1. The zero-order valence-electron chi connectivity index (χ0n) is 14.0. The van der Waals surface area contributed by atoms with Gasteiger partial charge in [0.05, 0.1) is 29.3 Å². The summed E-state index contributed by atoms with van der Waals surface area (Å²) in [6, 6.07) is 5.18. The summed E-state index contributed by atoms with van der Waals surface area (Å²) in [5.41, 5.74) is -0.394. The predicted octanol–water partition coefficient (Wildman–Crippen LogP) is 3.88. The van der Waals surface area contributed by atoms with Crippen LogP contribution in [0, 0.1) is 0 Å². The van der Waals surface area contributed by atoms with Gasteiger partial charge in [0.25, 0.3) is 5.91 Å². The van der Waals surface area contributed by atoms with E-state index in [-0.39, 0.29) is 11.6 Å². The number of carbonyl (C=O) groups is 2. The van der Waals surface area contributed by atoms with Gasteiger partial charge in [-0.25, -0.2) is 4.79 Å². The number of carbonyl (C=O) groups excluding carboxylic acids is 2. The van der Waals surface area contributed by atoms with E-state index in [1.165, 1.54) is 18.2 Å². The second-order valence-electron chi connectivity index (χ2n) is 5.76. The molecule has 0 atom stereocenters. The first-order valence-electron chi connectivity index (χ1n) is 8.04. The maximum atomic E-state index is 12.7. The molecule has 1 aliphatic rings. The van der Waals surface area contributed by atoms with Crippen LogP contribution < -0.4 is 10.6 Å². The van der Waals surface area contributed by atoms with E-state index in [9.17, 15) is 22.8 Å². The number of nitrogens with zero attached hydrogens (tertiary/aromatic N) is 1. The van der Waals surface area contributed by atoms with Gasteiger partial charge in [0.15, 0.2) is 0 Å². The SMILES string of the molecule is O=C(Nc1cccc(C(F)(F)F)c1)Nc1cc(C(=O)N2CCOCC2)cs1. The molecule has 1 aromatic carbocycles. The zero-order valence-corrected chi connectivity index (χ0v) is 14.8. The van der Waals surface area contributed by atoms with Crippen LogP contribution in [-0.2, 0) is 10.9 Å². The topological polar surface area (TPSA) is 70.7 Å². The van der Waals surface area contributed by atoms with Gasteiger partial charge in [0, 0.05) is 24.2 Å². The molecule has 0 spiro atoms. The van der Waals surface area contributed by atoms with Crippen molar-refractivity contribution in [2.45, 2.75) is 6.18 Å². The third kappa shape index (κ3) is 4.98. The van der Waals surface area contributed by atoms with Crippen LogP contribution in [0.2, 0.25) is 0 Å². The Hall–Kier alpha value is -2.59. The summed E-state index contributed by atoms with van der Waals surface area (Å²) in [7, 11) is 0. The Balaban J connectivity index is 1.60. The molecular weight excluding hydrogens is 383 g/mol. The smallest absolute Gasteiger partial charge is 0.378 e. The van der Waals surface area contributed by atoms with Gasteiger partial charge in [-0.1, -0.05) is 6.07 Å². The van der Waals surface area contributed by atoms with Gasteiger partial charge in [-0.05, 0) is 24.3 Å². The Morgan fingerprint density at radius 3 is 2.56 bits per heavy atom. The number of amides is 3. The lowest BCUT2D eigenvalue weighted by atomic mass is 10.2. The van der Waals surface area contributed by atoms with Crippen LogP contribution in [0.1, 0.15) is 15.9 Å². The number of alkyl halides is 3. The summed E-state index contributed by atoms with van der Waals surface area (Å²) in [5, 5.41) is 6.90. The number of thiophene rings is 1. The lowest BCUT2D eigenvalue weighted by Gasteiger charge is -2.26. The van der Waals surface area contributed by atoms with E-state index in [0.717, 1.165) is 23.5 Å². The molecule has 27 heavy (non-hydrogen) atoms. The highest BCUT2D eigenvalue weighted by molar-refractivity contribution is 7.14. The average Bonchev–Trinajstić information content (AvgIpc) is 3.09. The molecule has 0 bridgehead atoms. The fraction of sp³-hybridized carbons (Fsp3) is 0.294. The second kappa shape index (κ2) is 7.97. The minimum atomic E-state index is -4.49. The van der Waals surface area contributed by atoms with Crippen molar-refractivity contribution in [2.24, 2.45) is 0 Å². The Morgan fingerprint density at radius 1 is 1.11 bits per heavy atom. The van der Waals surface area contributed by atoms with E-state index in [1.807, 2.05) is 0 Å². The van der Waals surface area contributed by atoms with Gasteiger partial charge in [-0.2, -0.15) is 13.2 Å². The van der Waals surface area contributed by atoms with E-state index >= 15 is 0 Å². The third-order valence-corrected chi connectivity index (χ3v) is 4.67. The number of hydrogen-bond donors (Lipinski definition) is 2. The fourth-order valence-corrected chi connectivity index (χ4v) is 3.28. The van der Waals surface area contributed by atoms with Crippen molar-refractivity contribution in [3.63, 3.8) is 0 Å². The summed E-state index contributed by atoms with van der Waals surface area (Å²) < 4.78 is 43.3.